The van der Waals surface area contributed by atoms with Gasteiger partial charge in [-0.25, -0.2) is 0 Å². The first-order chi connectivity index (χ1) is 27.6. The molecule has 0 nitrogen and oxygen atoms in total. The van der Waals surface area contributed by atoms with E-state index in [2.05, 4.69) is 257 Å². The van der Waals surface area contributed by atoms with Gasteiger partial charge in [-0.1, -0.05) is 210 Å². The Bertz CT molecular complexity index is 2250. The van der Waals surface area contributed by atoms with E-state index in [1.807, 2.05) is 0 Å². The number of rotatable bonds is 4. The Kier molecular flexibility index (Phi) is 14.9. The lowest BCUT2D eigenvalue weighted by atomic mass is 9.75. The van der Waals surface area contributed by atoms with Crippen LogP contribution in [0.25, 0.3) is 0 Å². The molecule has 0 atom stereocenters. The summed E-state index contributed by atoms with van der Waals surface area (Å²) in [5.74, 6) is 25.3. The first-order valence-electron chi connectivity index (χ1n) is 21.3. The lowest BCUT2D eigenvalue weighted by molar-refractivity contribution is 0.553. The van der Waals surface area contributed by atoms with Crippen LogP contribution in [0.4, 0.5) is 0 Å². The second-order valence-corrected chi connectivity index (χ2v) is 24.2. The van der Waals surface area contributed by atoms with E-state index in [9.17, 15) is 0 Å². The zero-order valence-corrected chi connectivity index (χ0v) is 41.8. The van der Waals surface area contributed by atoms with E-state index in [1.54, 1.807) is 0 Å². The van der Waals surface area contributed by atoms with Crippen LogP contribution in [0.3, 0.4) is 0 Å². The SMILES string of the molecule is CC(C)(C)c1cc(C(C)(C)C)c(P=C(C#CC#CC#CC#CC(=Pc2c(C(C)(C)C)cc(C(C)(C)C)cc2C(C)(C)C)c2ccccc2)c2ccccc2)c(C(C)(C)C)c1. The van der Waals surface area contributed by atoms with E-state index in [4.69, 9.17) is 0 Å². The Hall–Kier alpha value is -4.54. The van der Waals surface area contributed by atoms with Crippen LogP contribution in [0, 0.1) is 47.4 Å². The molecule has 0 aliphatic carbocycles. The second kappa shape index (κ2) is 18.6. The predicted molar refractivity (Wildman–Crippen MR) is 270 cm³/mol. The van der Waals surface area contributed by atoms with Crippen LogP contribution in [0.2, 0.25) is 0 Å². The lowest BCUT2D eigenvalue weighted by Gasteiger charge is -2.32. The monoisotopic (exact) mass is 826 g/mol. The Morgan fingerprint density at radius 3 is 0.817 bits per heavy atom. The molecule has 0 radical (unpaired) electrons. The highest BCUT2D eigenvalue weighted by atomic mass is 31.1. The molecule has 0 aliphatic heterocycles. The van der Waals surface area contributed by atoms with Crippen LogP contribution in [0.5, 0.6) is 0 Å². The Morgan fingerprint density at radius 1 is 0.333 bits per heavy atom. The molecule has 0 fully saturated rings. The molecule has 4 aromatic carbocycles. The molecule has 310 valence electrons. The van der Waals surface area contributed by atoms with E-state index >= 15 is 0 Å². The van der Waals surface area contributed by atoms with E-state index in [-0.39, 0.29) is 32.5 Å². The Labute approximate surface area is 369 Å². The van der Waals surface area contributed by atoms with Gasteiger partial charge in [-0.3, -0.25) is 0 Å². The van der Waals surface area contributed by atoms with Crippen molar-refractivity contribution >= 4 is 37.6 Å². The van der Waals surface area contributed by atoms with Gasteiger partial charge >= 0.3 is 0 Å². The minimum Gasteiger partial charge on any atom is -0.0622 e. The minimum absolute atomic E-state index is 0.0346. The van der Waals surface area contributed by atoms with Gasteiger partial charge in [0.2, 0.25) is 0 Å². The number of hydrogen-bond acceptors (Lipinski definition) is 0. The fourth-order valence-electron chi connectivity index (χ4n) is 6.71. The van der Waals surface area contributed by atoms with Crippen LogP contribution in [-0.2, 0) is 32.5 Å². The van der Waals surface area contributed by atoms with E-state index in [0.29, 0.717) is 0 Å². The van der Waals surface area contributed by atoms with Crippen molar-refractivity contribution < 1.29 is 0 Å². The van der Waals surface area contributed by atoms with E-state index in [1.165, 1.54) is 44.0 Å². The van der Waals surface area contributed by atoms with E-state index < -0.39 is 0 Å². The topological polar surface area (TPSA) is 0 Å². The standard InChI is InChI=1S/C58H68P2/c1-53(2,3)43-37-45(55(7,8)9)51(46(38-43)56(10,11)12)59-49(41-31-25-23-26-32-41)35-29-21-19-20-22-30-36-50(42-33-27-24-28-34-42)60-52-47(57(13,14)15)39-44(54(4,5)6)40-48(52)58(16,17)18/h23-28,31-34,37-40H,1-18H3. The third-order valence-corrected chi connectivity index (χ3v) is 13.0. The third-order valence-electron chi connectivity index (χ3n) is 10.4. The predicted octanol–water partition coefficient (Wildman–Crippen LogP) is 13.8. The van der Waals surface area contributed by atoms with Crippen molar-refractivity contribution in [2.45, 2.75) is 157 Å². The smallest absolute Gasteiger partial charge is 0.0605 e. The van der Waals surface area contributed by atoms with Crippen molar-refractivity contribution in [3.63, 3.8) is 0 Å². The van der Waals surface area contributed by atoms with Gasteiger partial charge < -0.3 is 0 Å². The molecule has 0 saturated heterocycles. The highest BCUT2D eigenvalue weighted by Crippen LogP contribution is 2.37. The maximum absolute atomic E-state index is 3.46. The molecule has 2 heteroatoms. The molecule has 0 heterocycles. The van der Waals surface area contributed by atoms with Crippen LogP contribution in [-0.4, -0.2) is 10.6 Å². The summed E-state index contributed by atoms with van der Waals surface area (Å²) in [5.41, 5.74) is 10.3. The molecule has 60 heavy (non-hydrogen) atoms. The minimum atomic E-state index is -0.0484. The Balaban J connectivity index is 1.85. The summed E-state index contributed by atoms with van der Waals surface area (Å²) in [6, 6.07) is 30.7. The summed E-state index contributed by atoms with van der Waals surface area (Å²) in [6.45, 7) is 41.6. The van der Waals surface area contributed by atoms with Crippen LogP contribution in [0.15, 0.2) is 84.9 Å². The molecular formula is C58H68P2. The van der Waals surface area contributed by atoms with Crippen molar-refractivity contribution in [3.8, 4) is 47.4 Å². The van der Waals surface area contributed by atoms with Crippen molar-refractivity contribution in [3.05, 3.63) is 129 Å². The van der Waals surface area contributed by atoms with Gasteiger partial charge in [0, 0.05) is 10.6 Å². The summed E-state index contributed by atoms with van der Waals surface area (Å²) < 4.78 is 0. The van der Waals surface area contributed by atoms with Crippen LogP contribution in [0.1, 0.15) is 169 Å². The molecule has 0 aliphatic rings. The van der Waals surface area contributed by atoms with Crippen molar-refractivity contribution in [2.75, 3.05) is 0 Å². The zero-order chi connectivity index (χ0) is 44.9. The summed E-state index contributed by atoms with van der Waals surface area (Å²) in [4.78, 5) is 0. The Morgan fingerprint density at radius 2 is 0.583 bits per heavy atom. The molecule has 0 aromatic heterocycles. The summed E-state index contributed by atoms with van der Waals surface area (Å²) in [5, 5.41) is 4.72. The number of hydrogen-bond donors (Lipinski definition) is 0. The maximum atomic E-state index is 3.46. The maximum Gasteiger partial charge on any atom is 0.0605 e. The number of benzene rings is 4. The van der Waals surface area contributed by atoms with Gasteiger partial charge in [-0.2, -0.15) is 0 Å². The zero-order valence-electron chi connectivity index (χ0n) is 40.0. The molecule has 0 saturated carbocycles. The fourth-order valence-corrected chi connectivity index (χ4v) is 10.0. The first-order valence-corrected chi connectivity index (χ1v) is 23.1. The molecule has 0 amide bonds. The average molecular weight is 827 g/mol. The van der Waals surface area contributed by atoms with Gasteiger partial charge in [0.1, 0.15) is 0 Å². The third kappa shape index (κ3) is 13.0. The van der Waals surface area contributed by atoms with Crippen molar-refractivity contribution in [1.82, 2.24) is 0 Å². The first kappa shape index (κ1) is 48.1. The molecule has 4 rings (SSSR count). The van der Waals surface area contributed by atoms with Crippen LogP contribution < -0.4 is 10.6 Å². The molecule has 0 bridgehead atoms. The lowest BCUT2D eigenvalue weighted by Crippen LogP contribution is -2.30. The molecular weight excluding hydrogens is 759 g/mol. The van der Waals surface area contributed by atoms with E-state index in [0.717, 1.165) is 38.1 Å². The largest absolute Gasteiger partial charge is 0.0622 e. The molecule has 0 N–H and O–H groups in total. The molecule has 0 unspecified atom stereocenters. The van der Waals surface area contributed by atoms with Gasteiger partial charge in [0.05, 0.1) is 10.6 Å². The molecule has 4 aromatic rings. The van der Waals surface area contributed by atoms with Gasteiger partial charge in [0.15, 0.2) is 0 Å². The quantitative estimate of drug-likeness (QED) is 0.142. The second-order valence-electron chi connectivity index (χ2n) is 22.0. The fraction of sp³-hybridized carbons (Fsp3) is 0.414. The van der Waals surface area contributed by atoms with Gasteiger partial charge in [0.25, 0.3) is 0 Å². The molecule has 0 spiro atoms. The summed E-state index contributed by atoms with van der Waals surface area (Å²) in [6.07, 6.45) is 0. The normalized spacial score (nSPS) is 12.8. The summed E-state index contributed by atoms with van der Waals surface area (Å²) in [7, 11) is 2.14. The average Bonchev–Trinajstić information content (AvgIpc) is 3.12. The highest BCUT2D eigenvalue weighted by molar-refractivity contribution is 7.51. The highest BCUT2D eigenvalue weighted by Gasteiger charge is 2.30. The summed E-state index contributed by atoms with van der Waals surface area (Å²) >= 11 is 0. The van der Waals surface area contributed by atoms with Gasteiger partial charge in [-0.05, 0) is 141 Å². The van der Waals surface area contributed by atoms with Crippen molar-refractivity contribution in [1.29, 1.82) is 0 Å². The van der Waals surface area contributed by atoms with Crippen molar-refractivity contribution in [2.24, 2.45) is 0 Å². The van der Waals surface area contributed by atoms with Crippen LogP contribution >= 0.6 is 16.4 Å². The van der Waals surface area contributed by atoms with Gasteiger partial charge in [-0.15, -0.1) is 0 Å².